The maximum atomic E-state index is 12.9. The first-order chi connectivity index (χ1) is 7.65. The first-order valence-electron chi connectivity index (χ1n) is 4.77. The van der Waals surface area contributed by atoms with Gasteiger partial charge in [0.25, 0.3) is 5.69 Å². The zero-order chi connectivity index (χ0) is 12.0. The molecule has 0 aliphatic rings. The largest absolute Gasteiger partial charge is 0.312 e. The third-order valence-electron chi connectivity index (χ3n) is 2.04. The van der Waals surface area contributed by atoms with Crippen molar-refractivity contribution < 1.29 is 9.31 Å². The third kappa shape index (κ3) is 3.79. The van der Waals surface area contributed by atoms with Gasteiger partial charge in [0.05, 0.1) is 4.92 Å². The van der Waals surface area contributed by atoms with Crippen LogP contribution in [0.25, 0.3) is 0 Å². The summed E-state index contributed by atoms with van der Waals surface area (Å²) in [7, 11) is 0. The molecule has 6 heteroatoms. The molecule has 0 bridgehead atoms. The molecule has 0 radical (unpaired) electrons. The van der Waals surface area contributed by atoms with Gasteiger partial charge < -0.3 is 5.32 Å². The van der Waals surface area contributed by atoms with Gasteiger partial charge in [0, 0.05) is 30.5 Å². The van der Waals surface area contributed by atoms with E-state index in [0.717, 1.165) is 18.4 Å². The molecule has 0 aromatic heterocycles. The van der Waals surface area contributed by atoms with E-state index in [0.29, 0.717) is 12.1 Å². The average molecular weight is 244 g/mol. The first-order valence-corrected chi connectivity index (χ1v) is 6.17. The van der Waals surface area contributed by atoms with Gasteiger partial charge in [0.2, 0.25) is 0 Å². The van der Waals surface area contributed by atoms with Crippen LogP contribution in [-0.4, -0.2) is 23.5 Å². The Balaban J connectivity index is 2.68. The van der Waals surface area contributed by atoms with E-state index >= 15 is 0 Å². The Hall–Kier alpha value is -1.14. The summed E-state index contributed by atoms with van der Waals surface area (Å²) in [5, 5.41) is 13.7. The molecule has 0 aliphatic carbocycles. The van der Waals surface area contributed by atoms with Crippen molar-refractivity contribution in [1.82, 2.24) is 5.32 Å². The monoisotopic (exact) mass is 244 g/mol. The second-order valence-corrected chi connectivity index (χ2v) is 4.19. The summed E-state index contributed by atoms with van der Waals surface area (Å²) in [4.78, 5) is 10.2. The SMILES string of the molecule is CSCCNCc1cc(F)ccc1[N+](=O)[O-]. The highest BCUT2D eigenvalue weighted by Gasteiger charge is 2.13. The number of hydrogen-bond donors (Lipinski definition) is 1. The quantitative estimate of drug-likeness (QED) is 0.473. The fraction of sp³-hybridized carbons (Fsp3) is 0.400. The van der Waals surface area contributed by atoms with E-state index in [1.54, 1.807) is 11.8 Å². The van der Waals surface area contributed by atoms with Gasteiger partial charge in [0.1, 0.15) is 5.82 Å². The number of benzene rings is 1. The minimum atomic E-state index is -0.495. The number of thioether (sulfide) groups is 1. The van der Waals surface area contributed by atoms with Crippen LogP contribution in [0, 0.1) is 15.9 Å². The molecule has 0 aliphatic heterocycles. The van der Waals surface area contributed by atoms with Crippen LogP contribution in [0.5, 0.6) is 0 Å². The molecule has 1 aromatic rings. The molecular formula is C10H13FN2O2S. The molecule has 1 N–H and O–H groups in total. The van der Waals surface area contributed by atoms with Gasteiger partial charge in [0.15, 0.2) is 0 Å². The fourth-order valence-corrected chi connectivity index (χ4v) is 1.62. The minimum Gasteiger partial charge on any atom is -0.312 e. The predicted octanol–water partition coefficient (Wildman–Crippen LogP) is 2.19. The van der Waals surface area contributed by atoms with Crippen LogP contribution in [-0.2, 0) is 6.54 Å². The van der Waals surface area contributed by atoms with E-state index in [4.69, 9.17) is 0 Å². The molecule has 0 heterocycles. The standard InChI is InChI=1S/C10H13FN2O2S/c1-16-5-4-12-7-8-6-9(11)2-3-10(8)13(14)15/h2-3,6,12H,4-5,7H2,1H3. The normalized spacial score (nSPS) is 10.4. The van der Waals surface area contributed by atoms with Crippen molar-refractivity contribution in [3.05, 3.63) is 39.7 Å². The number of nitrogens with zero attached hydrogens (tertiary/aromatic N) is 1. The van der Waals surface area contributed by atoms with Gasteiger partial charge in [-0.1, -0.05) is 0 Å². The molecule has 0 unspecified atom stereocenters. The lowest BCUT2D eigenvalue weighted by molar-refractivity contribution is -0.385. The van der Waals surface area contributed by atoms with Gasteiger partial charge >= 0.3 is 0 Å². The molecule has 16 heavy (non-hydrogen) atoms. The molecule has 0 saturated carbocycles. The number of nitro benzene ring substituents is 1. The molecule has 0 atom stereocenters. The Labute approximate surface area is 97.4 Å². The summed E-state index contributed by atoms with van der Waals surface area (Å²) in [5.41, 5.74) is 0.337. The molecular weight excluding hydrogens is 231 g/mol. The Morgan fingerprint density at radius 2 is 2.31 bits per heavy atom. The van der Waals surface area contributed by atoms with Gasteiger partial charge in [-0.15, -0.1) is 0 Å². The Kier molecular flexibility index (Phi) is 5.21. The summed E-state index contributed by atoms with van der Waals surface area (Å²) in [6, 6.07) is 3.49. The van der Waals surface area contributed by atoms with Crippen molar-refractivity contribution >= 4 is 17.4 Å². The van der Waals surface area contributed by atoms with Crippen LogP contribution < -0.4 is 5.32 Å². The number of halogens is 1. The lowest BCUT2D eigenvalue weighted by atomic mass is 10.2. The van der Waals surface area contributed by atoms with Gasteiger partial charge in [-0.25, -0.2) is 4.39 Å². The Morgan fingerprint density at radius 3 is 2.94 bits per heavy atom. The zero-order valence-electron chi connectivity index (χ0n) is 8.90. The number of rotatable bonds is 6. The minimum absolute atomic E-state index is 0.0435. The highest BCUT2D eigenvalue weighted by Crippen LogP contribution is 2.19. The fourth-order valence-electron chi connectivity index (χ4n) is 1.27. The Morgan fingerprint density at radius 1 is 1.56 bits per heavy atom. The van der Waals surface area contributed by atoms with E-state index < -0.39 is 10.7 Å². The van der Waals surface area contributed by atoms with Crippen molar-refractivity contribution in [3.8, 4) is 0 Å². The summed E-state index contributed by atoms with van der Waals surface area (Å²) in [6.45, 7) is 1.06. The van der Waals surface area contributed by atoms with Crippen molar-refractivity contribution in [3.63, 3.8) is 0 Å². The van der Waals surface area contributed by atoms with Gasteiger partial charge in [-0.2, -0.15) is 11.8 Å². The molecule has 4 nitrogen and oxygen atoms in total. The van der Waals surface area contributed by atoms with E-state index in [2.05, 4.69) is 5.32 Å². The van der Waals surface area contributed by atoms with Crippen LogP contribution in [0.1, 0.15) is 5.56 Å². The van der Waals surface area contributed by atoms with Crippen LogP contribution in [0.3, 0.4) is 0 Å². The van der Waals surface area contributed by atoms with Crippen molar-refractivity contribution in [2.45, 2.75) is 6.54 Å². The first kappa shape index (κ1) is 12.9. The van der Waals surface area contributed by atoms with E-state index in [-0.39, 0.29) is 5.69 Å². The maximum Gasteiger partial charge on any atom is 0.274 e. The van der Waals surface area contributed by atoms with E-state index in [1.807, 2.05) is 6.26 Å². The van der Waals surface area contributed by atoms with Crippen molar-refractivity contribution in [2.24, 2.45) is 0 Å². The second kappa shape index (κ2) is 6.44. The van der Waals surface area contributed by atoms with Gasteiger partial charge in [-0.05, 0) is 18.4 Å². The third-order valence-corrected chi connectivity index (χ3v) is 2.65. The zero-order valence-corrected chi connectivity index (χ0v) is 9.72. The lowest BCUT2D eigenvalue weighted by Crippen LogP contribution is -2.17. The highest BCUT2D eigenvalue weighted by atomic mass is 32.2. The molecule has 0 amide bonds. The summed E-state index contributed by atoms with van der Waals surface area (Å²) in [5.74, 6) is 0.468. The molecule has 0 spiro atoms. The summed E-state index contributed by atoms with van der Waals surface area (Å²) < 4.78 is 12.9. The van der Waals surface area contributed by atoms with Crippen molar-refractivity contribution in [1.29, 1.82) is 0 Å². The van der Waals surface area contributed by atoms with Crippen molar-refractivity contribution in [2.75, 3.05) is 18.6 Å². The highest BCUT2D eigenvalue weighted by molar-refractivity contribution is 7.98. The number of nitro groups is 1. The van der Waals surface area contributed by atoms with Gasteiger partial charge in [-0.3, -0.25) is 10.1 Å². The molecule has 1 aromatic carbocycles. The molecule has 88 valence electrons. The smallest absolute Gasteiger partial charge is 0.274 e. The van der Waals surface area contributed by atoms with Crippen LogP contribution in [0.2, 0.25) is 0 Å². The van der Waals surface area contributed by atoms with Crippen LogP contribution >= 0.6 is 11.8 Å². The summed E-state index contributed by atoms with van der Waals surface area (Å²) in [6.07, 6.45) is 1.98. The molecule has 1 rings (SSSR count). The number of hydrogen-bond acceptors (Lipinski definition) is 4. The summed E-state index contributed by atoms with van der Waals surface area (Å²) >= 11 is 1.68. The topological polar surface area (TPSA) is 55.2 Å². The number of nitrogens with one attached hydrogen (secondary N) is 1. The Bertz CT molecular complexity index is 374. The lowest BCUT2D eigenvalue weighted by Gasteiger charge is -2.04. The molecule has 0 saturated heterocycles. The van der Waals surface area contributed by atoms with E-state index in [9.17, 15) is 14.5 Å². The van der Waals surface area contributed by atoms with Crippen LogP contribution in [0.15, 0.2) is 18.2 Å². The predicted molar refractivity (Wildman–Crippen MR) is 63.1 cm³/mol. The van der Waals surface area contributed by atoms with Crippen LogP contribution in [0.4, 0.5) is 10.1 Å². The average Bonchev–Trinajstić information content (AvgIpc) is 2.24. The molecule has 0 fully saturated rings. The van der Waals surface area contributed by atoms with E-state index in [1.165, 1.54) is 12.1 Å². The second-order valence-electron chi connectivity index (χ2n) is 3.20. The maximum absolute atomic E-state index is 12.9.